The molecule has 3 rings (SSSR count). The quantitative estimate of drug-likeness (QED) is 0.287. The lowest BCUT2D eigenvalue weighted by atomic mass is 9.92. The maximum atomic E-state index is 12.8. The fraction of sp³-hybridized carbons (Fsp3) is 0.269. The lowest BCUT2D eigenvalue weighted by molar-refractivity contribution is -0.384. The standard InChI is InChI=1S/C26H29N5O5/c1-26(2,3)22-16-23(30(28-22)19-11-13-21(36-5)14-12-19)27-24(32)17-29(4)25(33)15-8-18-6-9-20(10-7-18)31(34)35/h6-16H,17H2,1-5H3,(H,27,32)/b15-8+. The van der Waals surface area contributed by atoms with Gasteiger partial charge in [-0.05, 0) is 48.0 Å². The van der Waals surface area contributed by atoms with Gasteiger partial charge in [-0.3, -0.25) is 19.7 Å². The number of ether oxygens (including phenoxy) is 1. The second-order valence-corrected chi connectivity index (χ2v) is 9.20. The molecule has 0 bridgehead atoms. The van der Waals surface area contributed by atoms with Gasteiger partial charge < -0.3 is 15.0 Å². The molecule has 2 aromatic carbocycles. The number of rotatable bonds is 8. The molecule has 1 N–H and O–H groups in total. The number of hydrogen-bond donors (Lipinski definition) is 1. The van der Waals surface area contributed by atoms with Gasteiger partial charge in [0.05, 0.1) is 30.0 Å². The molecule has 0 aliphatic carbocycles. The van der Waals surface area contributed by atoms with E-state index >= 15 is 0 Å². The summed E-state index contributed by atoms with van der Waals surface area (Å²) in [6.45, 7) is 5.91. The summed E-state index contributed by atoms with van der Waals surface area (Å²) in [4.78, 5) is 36.8. The molecule has 2 amide bonds. The van der Waals surface area contributed by atoms with Gasteiger partial charge in [-0.15, -0.1) is 0 Å². The average molecular weight is 492 g/mol. The largest absolute Gasteiger partial charge is 0.497 e. The Kier molecular flexibility index (Phi) is 7.88. The molecular weight excluding hydrogens is 462 g/mol. The Morgan fingerprint density at radius 2 is 1.78 bits per heavy atom. The molecule has 3 aromatic rings. The molecule has 0 unspecified atom stereocenters. The van der Waals surface area contributed by atoms with Crippen LogP contribution >= 0.6 is 0 Å². The number of carbonyl (C=O) groups excluding carboxylic acids is 2. The minimum Gasteiger partial charge on any atom is -0.497 e. The number of non-ortho nitro benzene ring substituents is 1. The van der Waals surface area contributed by atoms with E-state index in [0.29, 0.717) is 17.1 Å². The SMILES string of the molecule is COc1ccc(-n2nc(C(C)(C)C)cc2NC(=O)CN(C)C(=O)/C=C/c2ccc([N+](=O)[O-])cc2)cc1. The number of aromatic nitrogens is 2. The number of amides is 2. The van der Waals surface area contributed by atoms with Crippen molar-refractivity contribution in [1.82, 2.24) is 14.7 Å². The summed E-state index contributed by atoms with van der Waals surface area (Å²) in [6, 6.07) is 14.9. The Hall–Kier alpha value is -4.47. The third-order valence-corrected chi connectivity index (χ3v) is 5.34. The van der Waals surface area contributed by atoms with Gasteiger partial charge in [0.2, 0.25) is 11.8 Å². The zero-order chi connectivity index (χ0) is 26.5. The van der Waals surface area contributed by atoms with Crippen LogP contribution in [0.1, 0.15) is 32.0 Å². The molecule has 1 aromatic heterocycles. The number of nitrogens with zero attached hydrogens (tertiary/aromatic N) is 4. The third kappa shape index (κ3) is 6.56. The first-order valence-electron chi connectivity index (χ1n) is 11.2. The van der Waals surface area contributed by atoms with Gasteiger partial charge in [0.1, 0.15) is 11.6 Å². The molecule has 0 aliphatic rings. The highest BCUT2D eigenvalue weighted by molar-refractivity contribution is 5.97. The molecule has 0 atom stereocenters. The van der Waals surface area contributed by atoms with Crippen molar-refractivity contribution < 1.29 is 19.2 Å². The molecule has 188 valence electrons. The van der Waals surface area contributed by atoms with Crippen molar-refractivity contribution >= 4 is 29.4 Å². The number of likely N-dealkylation sites (N-methyl/N-ethyl adjacent to an activating group) is 1. The van der Waals surface area contributed by atoms with Crippen LogP contribution in [0.3, 0.4) is 0 Å². The van der Waals surface area contributed by atoms with Crippen molar-refractivity contribution in [1.29, 1.82) is 0 Å². The first kappa shape index (κ1) is 26.1. The van der Waals surface area contributed by atoms with Gasteiger partial charge in [0.25, 0.3) is 5.69 Å². The zero-order valence-electron chi connectivity index (χ0n) is 20.9. The minimum absolute atomic E-state index is 0.0317. The van der Waals surface area contributed by atoms with E-state index in [9.17, 15) is 19.7 Å². The van der Waals surface area contributed by atoms with Crippen molar-refractivity contribution in [2.75, 3.05) is 26.0 Å². The second-order valence-electron chi connectivity index (χ2n) is 9.20. The van der Waals surface area contributed by atoms with Crippen LogP contribution in [-0.2, 0) is 15.0 Å². The summed E-state index contributed by atoms with van der Waals surface area (Å²) < 4.78 is 6.87. The third-order valence-electron chi connectivity index (χ3n) is 5.34. The Labute approximate surface area is 209 Å². The van der Waals surface area contributed by atoms with E-state index in [-0.39, 0.29) is 29.5 Å². The summed E-state index contributed by atoms with van der Waals surface area (Å²) in [6.07, 6.45) is 2.85. The second kappa shape index (κ2) is 10.9. The lowest BCUT2D eigenvalue weighted by Crippen LogP contribution is -2.34. The Balaban J connectivity index is 1.70. The van der Waals surface area contributed by atoms with Gasteiger partial charge >= 0.3 is 0 Å². The monoisotopic (exact) mass is 491 g/mol. The van der Waals surface area contributed by atoms with Crippen LogP contribution in [0.2, 0.25) is 0 Å². The van der Waals surface area contributed by atoms with Crippen molar-refractivity contribution in [2.45, 2.75) is 26.2 Å². The van der Waals surface area contributed by atoms with Gasteiger partial charge in [-0.25, -0.2) is 4.68 Å². The van der Waals surface area contributed by atoms with Gasteiger partial charge in [-0.1, -0.05) is 20.8 Å². The molecule has 10 heteroatoms. The first-order chi connectivity index (χ1) is 17.0. The smallest absolute Gasteiger partial charge is 0.269 e. The van der Waals surface area contributed by atoms with Crippen molar-refractivity contribution in [3.05, 3.63) is 82.0 Å². The molecule has 0 fully saturated rings. The highest BCUT2D eigenvalue weighted by Crippen LogP contribution is 2.27. The maximum absolute atomic E-state index is 12.8. The summed E-state index contributed by atoms with van der Waals surface area (Å²) >= 11 is 0. The van der Waals surface area contributed by atoms with E-state index in [1.807, 2.05) is 51.1 Å². The van der Waals surface area contributed by atoms with Gasteiger partial charge in [0, 0.05) is 36.7 Å². The number of nitro benzene ring substituents is 1. The molecule has 0 radical (unpaired) electrons. The summed E-state index contributed by atoms with van der Waals surface area (Å²) in [5.74, 6) is 0.416. The van der Waals surface area contributed by atoms with E-state index in [0.717, 1.165) is 11.4 Å². The fourth-order valence-corrected chi connectivity index (χ4v) is 3.23. The average Bonchev–Trinajstić information content (AvgIpc) is 3.26. The molecule has 0 saturated heterocycles. The number of methoxy groups -OCH3 is 1. The van der Waals surface area contributed by atoms with Crippen LogP contribution in [-0.4, -0.2) is 52.1 Å². The van der Waals surface area contributed by atoms with Crippen molar-refractivity contribution in [3.8, 4) is 11.4 Å². The van der Waals surface area contributed by atoms with E-state index < -0.39 is 4.92 Å². The Bertz CT molecular complexity index is 1270. The minimum atomic E-state index is -0.490. The molecule has 10 nitrogen and oxygen atoms in total. The normalized spacial score (nSPS) is 11.4. The van der Waals surface area contributed by atoms with Crippen LogP contribution < -0.4 is 10.1 Å². The molecule has 0 spiro atoms. The number of nitrogens with one attached hydrogen (secondary N) is 1. The van der Waals surface area contributed by atoms with E-state index in [2.05, 4.69) is 10.4 Å². The van der Waals surface area contributed by atoms with Crippen molar-refractivity contribution in [3.63, 3.8) is 0 Å². The molecule has 0 saturated carbocycles. The summed E-state index contributed by atoms with van der Waals surface area (Å²) in [7, 11) is 3.11. The topological polar surface area (TPSA) is 120 Å². The lowest BCUT2D eigenvalue weighted by Gasteiger charge is -2.15. The zero-order valence-corrected chi connectivity index (χ0v) is 20.9. The van der Waals surface area contributed by atoms with Crippen molar-refractivity contribution in [2.24, 2.45) is 0 Å². The highest BCUT2D eigenvalue weighted by Gasteiger charge is 2.22. The number of carbonyl (C=O) groups is 2. The Morgan fingerprint density at radius 1 is 1.14 bits per heavy atom. The van der Waals surface area contributed by atoms with Crippen LogP contribution in [0.25, 0.3) is 11.8 Å². The number of benzene rings is 2. The predicted molar refractivity (Wildman–Crippen MR) is 137 cm³/mol. The molecule has 36 heavy (non-hydrogen) atoms. The van der Waals surface area contributed by atoms with E-state index in [1.54, 1.807) is 23.9 Å². The van der Waals surface area contributed by atoms with E-state index in [1.165, 1.54) is 36.2 Å². The Morgan fingerprint density at radius 3 is 2.33 bits per heavy atom. The fourth-order valence-electron chi connectivity index (χ4n) is 3.23. The maximum Gasteiger partial charge on any atom is 0.269 e. The molecule has 0 aliphatic heterocycles. The first-order valence-corrected chi connectivity index (χ1v) is 11.2. The molecular formula is C26H29N5O5. The van der Waals surface area contributed by atoms with Gasteiger partial charge in [0.15, 0.2) is 0 Å². The van der Waals surface area contributed by atoms with Crippen LogP contribution in [0.5, 0.6) is 5.75 Å². The number of anilines is 1. The predicted octanol–water partition coefficient (Wildman–Crippen LogP) is 4.20. The number of nitro groups is 1. The highest BCUT2D eigenvalue weighted by atomic mass is 16.6. The van der Waals surface area contributed by atoms with E-state index in [4.69, 9.17) is 4.74 Å². The summed E-state index contributed by atoms with van der Waals surface area (Å²) in [5, 5.41) is 18.3. The summed E-state index contributed by atoms with van der Waals surface area (Å²) in [5.41, 5.74) is 1.90. The van der Waals surface area contributed by atoms with Crippen LogP contribution in [0, 0.1) is 10.1 Å². The van der Waals surface area contributed by atoms with Gasteiger partial charge in [-0.2, -0.15) is 5.10 Å². The van der Waals surface area contributed by atoms with Crippen LogP contribution in [0.4, 0.5) is 11.5 Å². The molecule has 1 heterocycles. The van der Waals surface area contributed by atoms with Crippen LogP contribution in [0.15, 0.2) is 60.7 Å². The number of hydrogen-bond acceptors (Lipinski definition) is 6.